The van der Waals surface area contributed by atoms with Gasteiger partial charge in [-0.25, -0.2) is 9.78 Å². The van der Waals surface area contributed by atoms with Crippen molar-refractivity contribution in [2.75, 3.05) is 13.7 Å². The molecule has 1 heterocycles. The Hall–Kier alpha value is -2.77. The molecular formula is C28H38N2O4S. The first-order chi connectivity index (χ1) is 16.9. The average molecular weight is 499 g/mol. The Morgan fingerprint density at radius 3 is 2.46 bits per heavy atom. The minimum atomic E-state index is -0.300. The van der Waals surface area contributed by atoms with Crippen LogP contribution >= 0.6 is 11.3 Å². The molecule has 1 fully saturated rings. The molecule has 0 radical (unpaired) electrons. The monoisotopic (exact) mass is 498 g/mol. The highest BCUT2D eigenvalue weighted by molar-refractivity contribution is 7.09. The molecule has 0 amide bonds. The number of rotatable bonds is 9. The van der Waals surface area contributed by atoms with E-state index in [-0.39, 0.29) is 12.0 Å². The quantitative estimate of drug-likeness (QED) is 0.195. The number of methoxy groups -OCH3 is 1. The normalized spacial score (nSPS) is 15.6. The molecule has 35 heavy (non-hydrogen) atoms. The molecule has 1 aliphatic rings. The molecule has 0 spiro atoms. The summed E-state index contributed by atoms with van der Waals surface area (Å²) in [5.74, 6) is 0.935. The number of benzene rings is 1. The second-order valence-electron chi connectivity index (χ2n) is 8.74. The van der Waals surface area contributed by atoms with Gasteiger partial charge in [0.05, 0.1) is 25.5 Å². The van der Waals surface area contributed by atoms with Crippen molar-refractivity contribution in [3.63, 3.8) is 0 Å². The first kappa shape index (κ1) is 28.5. The summed E-state index contributed by atoms with van der Waals surface area (Å²) in [6.45, 7) is 5.83. The van der Waals surface area contributed by atoms with Crippen molar-refractivity contribution in [2.24, 2.45) is 11.7 Å². The van der Waals surface area contributed by atoms with Crippen LogP contribution in [-0.4, -0.2) is 31.0 Å². The van der Waals surface area contributed by atoms with E-state index in [1.807, 2.05) is 42.6 Å². The Kier molecular flexibility index (Phi) is 12.4. The first-order valence-electron chi connectivity index (χ1n) is 12.2. The van der Waals surface area contributed by atoms with Crippen LogP contribution in [0.2, 0.25) is 0 Å². The molecule has 1 unspecified atom stereocenters. The fourth-order valence-electron chi connectivity index (χ4n) is 3.83. The summed E-state index contributed by atoms with van der Waals surface area (Å²) < 4.78 is 10.2. The zero-order valence-corrected chi connectivity index (χ0v) is 22.1. The highest BCUT2D eigenvalue weighted by atomic mass is 32.1. The minimum Gasteiger partial charge on any atom is -0.497 e. The van der Waals surface area contributed by atoms with Gasteiger partial charge in [-0.15, -0.1) is 11.3 Å². The maximum absolute atomic E-state index is 11.7. The van der Waals surface area contributed by atoms with E-state index in [9.17, 15) is 9.59 Å². The Bertz CT molecular complexity index is 989. The molecule has 1 saturated carbocycles. The summed E-state index contributed by atoms with van der Waals surface area (Å²) >= 11 is 1.54. The first-order valence-corrected chi connectivity index (χ1v) is 13.1. The third-order valence-corrected chi connectivity index (χ3v) is 6.73. The molecule has 2 aromatic rings. The Balaban J connectivity index is 0.000000456. The Labute approximate surface area is 213 Å². The molecule has 3 rings (SSSR count). The average Bonchev–Trinajstić information content (AvgIpc) is 3.34. The third kappa shape index (κ3) is 10.2. The molecule has 1 atom stereocenters. The van der Waals surface area contributed by atoms with Crippen LogP contribution in [0.15, 0.2) is 46.9 Å². The van der Waals surface area contributed by atoms with Gasteiger partial charge in [0, 0.05) is 16.9 Å². The van der Waals surface area contributed by atoms with Crippen LogP contribution < -0.4 is 10.5 Å². The van der Waals surface area contributed by atoms with E-state index >= 15 is 0 Å². The Morgan fingerprint density at radius 2 is 1.89 bits per heavy atom. The van der Waals surface area contributed by atoms with Gasteiger partial charge in [-0.2, -0.15) is 0 Å². The lowest BCUT2D eigenvalue weighted by Gasteiger charge is -2.14. The Morgan fingerprint density at radius 1 is 1.20 bits per heavy atom. The topological polar surface area (TPSA) is 91.5 Å². The van der Waals surface area contributed by atoms with Crippen LogP contribution in [0.4, 0.5) is 0 Å². The maximum atomic E-state index is 11.7. The molecule has 0 bridgehead atoms. The number of carbonyl (C=O) groups is 2. The van der Waals surface area contributed by atoms with Crippen molar-refractivity contribution in [1.29, 1.82) is 0 Å². The number of hydrogen-bond acceptors (Lipinski definition) is 7. The van der Waals surface area contributed by atoms with Crippen molar-refractivity contribution in [2.45, 2.75) is 65.3 Å². The fourth-order valence-corrected chi connectivity index (χ4v) is 4.61. The number of nitrogens with two attached hydrogens (primary N) is 1. The largest absolute Gasteiger partial charge is 0.497 e. The molecule has 1 aromatic heterocycles. The molecule has 1 aliphatic carbocycles. The summed E-state index contributed by atoms with van der Waals surface area (Å²) in [5, 5.41) is 2.86. The number of esters is 1. The van der Waals surface area contributed by atoms with Gasteiger partial charge < -0.3 is 20.0 Å². The summed E-state index contributed by atoms with van der Waals surface area (Å²) in [7, 11) is 1.65. The lowest BCUT2D eigenvalue weighted by Crippen LogP contribution is -2.13. The van der Waals surface area contributed by atoms with Crippen molar-refractivity contribution in [1.82, 2.24) is 4.98 Å². The van der Waals surface area contributed by atoms with Gasteiger partial charge in [-0.3, -0.25) is 0 Å². The number of carbonyl (C=O) groups excluding carboxylic acids is 2. The van der Waals surface area contributed by atoms with Gasteiger partial charge in [0.25, 0.3) is 0 Å². The van der Waals surface area contributed by atoms with Crippen molar-refractivity contribution < 1.29 is 19.1 Å². The zero-order chi connectivity index (χ0) is 25.6. The third-order valence-electron chi connectivity index (χ3n) is 5.73. The van der Waals surface area contributed by atoms with Crippen LogP contribution in [0.3, 0.4) is 0 Å². The standard InChI is InChI=1S/C21H26N2O3S.C7H12O/c1-5-26-21(24)15(3)10-14(2)11-17-13-27-20(23-17)19(22)12-16-6-8-18(25-4)9-7-16;8-6-7-4-2-1-3-5-7/h6-11,13,19H,5,12,22H2,1-4H3;6-7H,1-5H2/b14-11+,15-10-;. The minimum absolute atomic E-state index is 0.164. The number of ether oxygens (including phenoxy) is 2. The van der Waals surface area contributed by atoms with E-state index in [1.165, 1.54) is 19.3 Å². The van der Waals surface area contributed by atoms with E-state index in [2.05, 4.69) is 4.98 Å². The van der Waals surface area contributed by atoms with Gasteiger partial charge in [-0.05, 0) is 75.5 Å². The van der Waals surface area contributed by atoms with Gasteiger partial charge in [0.2, 0.25) is 0 Å². The number of nitrogens with zero attached hydrogens (tertiary/aromatic N) is 1. The number of aromatic nitrogens is 1. The SMILES string of the molecule is CCOC(=O)/C(C)=C\C(C)=C\c1csc(C(N)Cc2ccc(OC)cc2)n1.O=CC1CCCCC1. The van der Waals surface area contributed by atoms with Crippen LogP contribution in [0.5, 0.6) is 5.75 Å². The van der Waals surface area contributed by atoms with E-state index in [4.69, 9.17) is 15.2 Å². The summed E-state index contributed by atoms with van der Waals surface area (Å²) in [5.41, 5.74) is 9.79. The molecular weight excluding hydrogens is 460 g/mol. The molecule has 6 nitrogen and oxygen atoms in total. The highest BCUT2D eigenvalue weighted by Crippen LogP contribution is 2.23. The molecule has 7 heteroatoms. The summed E-state index contributed by atoms with van der Waals surface area (Å²) in [6, 6.07) is 7.72. The zero-order valence-electron chi connectivity index (χ0n) is 21.3. The van der Waals surface area contributed by atoms with Crippen LogP contribution in [0.25, 0.3) is 6.08 Å². The smallest absolute Gasteiger partial charge is 0.333 e. The van der Waals surface area contributed by atoms with Crippen molar-refractivity contribution >= 4 is 29.7 Å². The number of thiazole rings is 1. The molecule has 1 aromatic carbocycles. The molecule has 0 aliphatic heterocycles. The van der Waals surface area contributed by atoms with Gasteiger partial charge in [0.1, 0.15) is 17.0 Å². The second-order valence-corrected chi connectivity index (χ2v) is 9.63. The number of allylic oxidation sites excluding steroid dienone is 2. The van der Waals surface area contributed by atoms with Gasteiger partial charge >= 0.3 is 5.97 Å². The van der Waals surface area contributed by atoms with Crippen LogP contribution in [0, 0.1) is 5.92 Å². The maximum Gasteiger partial charge on any atom is 0.333 e. The van der Waals surface area contributed by atoms with E-state index < -0.39 is 0 Å². The fraction of sp³-hybridized carbons (Fsp3) is 0.464. The van der Waals surface area contributed by atoms with E-state index in [0.717, 1.165) is 46.7 Å². The molecule has 190 valence electrons. The highest BCUT2D eigenvalue weighted by Gasteiger charge is 2.12. The predicted molar refractivity (Wildman–Crippen MR) is 142 cm³/mol. The van der Waals surface area contributed by atoms with Gasteiger partial charge in [0.15, 0.2) is 0 Å². The number of hydrogen-bond donors (Lipinski definition) is 1. The summed E-state index contributed by atoms with van der Waals surface area (Å²) in [4.78, 5) is 26.5. The molecule has 2 N–H and O–H groups in total. The molecule has 0 saturated heterocycles. The van der Waals surface area contributed by atoms with E-state index in [0.29, 0.717) is 24.5 Å². The summed E-state index contributed by atoms with van der Waals surface area (Å²) in [6.07, 6.45) is 11.7. The van der Waals surface area contributed by atoms with Crippen molar-refractivity contribution in [3.05, 3.63) is 63.1 Å². The van der Waals surface area contributed by atoms with Crippen LogP contribution in [0.1, 0.15) is 75.2 Å². The second kappa shape index (κ2) is 15.3. The van der Waals surface area contributed by atoms with Crippen molar-refractivity contribution in [3.8, 4) is 5.75 Å². The lowest BCUT2D eigenvalue weighted by molar-refractivity contribution is -0.138. The lowest BCUT2D eigenvalue weighted by atomic mass is 9.91. The van der Waals surface area contributed by atoms with Gasteiger partial charge in [-0.1, -0.05) is 31.4 Å². The van der Waals surface area contributed by atoms with Crippen LogP contribution in [-0.2, 0) is 20.7 Å². The predicted octanol–water partition coefficient (Wildman–Crippen LogP) is 6.07. The number of aldehydes is 1. The van der Waals surface area contributed by atoms with E-state index in [1.54, 1.807) is 38.4 Å².